The third kappa shape index (κ3) is 2.66. The van der Waals surface area contributed by atoms with Crippen molar-refractivity contribution >= 4 is 17.5 Å². The maximum absolute atomic E-state index is 13.2. The molecule has 5 aliphatic rings. The Labute approximate surface area is 178 Å². The van der Waals surface area contributed by atoms with Gasteiger partial charge in [0, 0.05) is 23.3 Å². The van der Waals surface area contributed by atoms with Crippen LogP contribution in [0.2, 0.25) is 0 Å². The Bertz CT molecular complexity index is 856. The van der Waals surface area contributed by atoms with Crippen molar-refractivity contribution in [1.82, 2.24) is 0 Å². The smallest absolute Gasteiger partial charge is 0.333 e. The Morgan fingerprint density at radius 3 is 2.63 bits per heavy atom. The SMILES string of the molecule is C=C1C[C@@]23CC[C@H]4[C@@](C)(CCC(=O)[C@@]4(C)COC(=O)/C(C)=C/C)[C@@H]2C[C@@H]1[C@@H](O)C3=O. The average Bonchev–Trinajstić information content (AvgIpc) is 2.72. The number of esters is 1. The number of ketones is 2. The lowest BCUT2D eigenvalue weighted by Gasteiger charge is -2.67. The summed E-state index contributed by atoms with van der Waals surface area (Å²) in [6.45, 7) is 11.9. The van der Waals surface area contributed by atoms with Crippen molar-refractivity contribution in [3.05, 3.63) is 23.8 Å². The first kappa shape index (κ1) is 21.5. The molecule has 5 rings (SSSR count). The molecule has 5 fully saturated rings. The van der Waals surface area contributed by atoms with Crippen molar-refractivity contribution in [2.45, 2.75) is 72.3 Å². The van der Waals surface area contributed by atoms with E-state index in [1.807, 2.05) is 6.92 Å². The van der Waals surface area contributed by atoms with Crippen molar-refractivity contribution in [2.75, 3.05) is 6.61 Å². The highest BCUT2D eigenvalue weighted by Gasteiger charge is 2.69. The maximum atomic E-state index is 13.2. The highest BCUT2D eigenvalue weighted by molar-refractivity contribution is 5.93. The fourth-order valence-corrected chi connectivity index (χ4v) is 7.54. The highest BCUT2D eigenvalue weighted by Crippen LogP contribution is 2.70. The highest BCUT2D eigenvalue weighted by atomic mass is 16.5. The van der Waals surface area contributed by atoms with Crippen molar-refractivity contribution in [1.29, 1.82) is 0 Å². The van der Waals surface area contributed by atoms with Crippen molar-refractivity contribution in [2.24, 2.45) is 34.0 Å². The lowest BCUT2D eigenvalue weighted by molar-refractivity contribution is -0.200. The van der Waals surface area contributed by atoms with Crippen molar-refractivity contribution in [3.8, 4) is 0 Å². The van der Waals surface area contributed by atoms with E-state index in [1.54, 1.807) is 19.9 Å². The summed E-state index contributed by atoms with van der Waals surface area (Å²) >= 11 is 0. The van der Waals surface area contributed by atoms with Crippen LogP contribution in [0, 0.1) is 34.0 Å². The van der Waals surface area contributed by atoms with Gasteiger partial charge in [0.15, 0.2) is 5.78 Å². The first-order valence-electron chi connectivity index (χ1n) is 11.2. The number of ether oxygens (including phenoxy) is 1. The molecule has 0 aromatic heterocycles. The van der Waals surface area contributed by atoms with Gasteiger partial charge in [-0.25, -0.2) is 4.79 Å². The summed E-state index contributed by atoms with van der Waals surface area (Å²) in [6.07, 6.45) is 4.81. The zero-order valence-electron chi connectivity index (χ0n) is 18.6. The molecule has 0 radical (unpaired) electrons. The lowest BCUT2D eigenvalue weighted by atomic mass is 9.36. The summed E-state index contributed by atoms with van der Waals surface area (Å²) in [6, 6.07) is 0. The van der Waals surface area contributed by atoms with Gasteiger partial charge in [-0.15, -0.1) is 0 Å². The number of aliphatic hydroxyl groups excluding tert-OH is 1. The van der Waals surface area contributed by atoms with Gasteiger partial charge in [-0.1, -0.05) is 25.2 Å². The second kappa shape index (κ2) is 6.88. The zero-order chi connectivity index (χ0) is 22.1. The number of carbonyl (C=O) groups is 3. The molecule has 0 aromatic rings. The molecule has 5 aliphatic carbocycles. The molecular weight excluding hydrogens is 380 g/mol. The molecule has 5 heteroatoms. The minimum atomic E-state index is -0.927. The summed E-state index contributed by atoms with van der Waals surface area (Å²) in [5.74, 6) is -0.210. The van der Waals surface area contributed by atoms with Gasteiger partial charge in [-0.3, -0.25) is 9.59 Å². The summed E-state index contributed by atoms with van der Waals surface area (Å²) in [5.41, 5.74) is 0.0576. The number of allylic oxidation sites excluding steroid dienone is 1. The number of carbonyl (C=O) groups excluding carboxylic acids is 3. The van der Waals surface area contributed by atoms with Gasteiger partial charge in [0.05, 0.1) is 5.41 Å². The van der Waals surface area contributed by atoms with Crippen LogP contribution in [-0.2, 0) is 19.1 Å². The van der Waals surface area contributed by atoms with E-state index in [4.69, 9.17) is 4.74 Å². The molecular formula is C25H34O5. The molecule has 5 nitrogen and oxygen atoms in total. The minimum absolute atomic E-state index is 0.00966. The van der Waals surface area contributed by atoms with Gasteiger partial charge >= 0.3 is 5.97 Å². The van der Waals surface area contributed by atoms with Gasteiger partial charge < -0.3 is 9.84 Å². The number of Topliss-reactive ketones (excluding diaryl/α,β-unsaturated/α-hetero) is 2. The van der Waals surface area contributed by atoms with Gasteiger partial charge in [0.25, 0.3) is 0 Å². The minimum Gasteiger partial charge on any atom is -0.461 e. The quantitative estimate of drug-likeness (QED) is 0.432. The van der Waals surface area contributed by atoms with E-state index in [0.717, 1.165) is 24.8 Å². The molecule has 7 atom stereocenters. The van der Waals surface area contributed by atoms with E-state index in [9.17, 15) is 19.5 Å². The summed E-state index contributed by atoms with van der Waals surface area (Å²) in [4.78, 5) is 38.6. The molecule has 0 saturated heterocycles. The Hall–Kier alpha value is -1.75. The number of aliphatic hydroxyl groups is 1. The zero-order valence-corrected chi connectivity index (χ0v) is 18.6. The summed E-state index contributed by atoms with van der Waals surface area (Å²) < 4.78 is 5.60. The van der Waals surface area contributed by atoms with Crippen LogP contribution in [0.5, 0.6) is 0 Å². The van der Waals surface area contributed by atoms with E-state index < -0.39 is 16.9 Å². The Morgan fingerprint density at radius 1 is 1.27 bits per heavy atom. The normalized spacial score (nSPS) is 45.8. The maximum Gasteiger partial charge on any atom is 0.333 e. The first-order chi connectivity index (χ1) is 14.0. The van der Waals surface area contributed by atoms with Crippen LogP contribution in [0.15, 0.2) is 23.8 Å². The van der Waals surface area contributed by atoms with E-state index in [2.05, 4.69) is 13.5 Å². The molecule has 0 unspecified atom stereocenters. The Balaban J connectivity index is 1.67. The largest absolute Gasteiger partial charge is 0.461 e. The number of rotatable bonds is 3. The van der Waals surface area contributed by atoms with E-state index in [-0.39, 0.29) is 47.3 Å². The number of hydrogen-bond acceptors (Lipinski definition) is 5. The molecule has 30 heavy (non-hydrogen) atoms. The molecule has 5 saturated carbocycles. The average molecular weight is 415 g/mol. The monoisotopic (exact) mass is 414 g/mol. The molecule has 0 heterocycles. The van der Waals surface area contributed by atoms with E-state index >= 15 is 0 Å². The van der Waals surface area contributed by atoms with Crippen LogP contribution >= 0.6 is 0 Å². The lowest BCUT2D eigenvalue weighted by Crippen LogP contribution is -2.67. The number of hydrogen-bond donors (Lipinski definition) is 1. The number of fused-ring (bicyclic) bond motifs is 3. The fraction of sp³-hybridized carbons (Fsp3) is 0.720. The summed E-state index contributed by atoms with van der Waals surface area (Å²) in [5, 5.41) is 10.6. The molecule has 164 valence electrons. The molecule has 1 spiro atoms. The van der Waals surface area contributed by atoms with Gasteiger partial charge in [-0.2, -0.15) is 0 Å². The van der Waals surface area contributed by atoms with Crippen molar-refractivity contribution in [3.63, 3.8) is 0 Å². The molecule has 0 aliphatic heterocycles. The third-order valence-corrected chi connectivity index (χ3v) is 9.39. The van der Waals surface area contributed by atoms with Gasteiger partial charge in [-0.05, 0) is 70.1 Å². The fourth-order valence-electron chi connectivity index (χ4n) is 7.54. The predicted octanol–water partition coefficient (Wildman–Crippen LogP) is 3.79. The van der Waals surface area contributed by atoms with E-state index in [1.165, 1.54) is 0 Å². The Kier molecular flexibility index (Phi) is 4.92. The van der Waals surface area contributed by atoms with Crippen LogP contribution in [0.25, 0.3) is 0 Å². The second-order valence-electron chi connectivity index (χ2n) is 10.7. The molecule has 0 amide bonds. The predicted molar refractivity (Wildman–Crippen MR) is 112 cm³/mol. The van der Waals surface area contributed by atoms with Crippen LogP contribution < -0.4 is 0 Å². The third-order valence-electron chi connectivity index (χ3n) is 9.39. The van der Waals surface area contributed by atoms with Crippen molar-refractivity contribution < 1.29 is 24.2 Å². The van der Waals surface area contributed by atoms with Crippen LogP contribution in [0.1, 0.15) is 66.2 Å². The standard InChI is InChI=1S/C25H34O5/c1-6-14(2)22(29)30-13-24(5)17-7-10-25-12-15(3)16(20(27)21(25)28)11-18(25)23(17,4)9-8-19(24)26/h6,16-18,20,27H,3,7-13H2,1-2,4-5H3/b14-6+/t16-,17-,18-,20+,23+,24-,25-/m0/s1. The molecule has 0 aromatic carbocycles. The van der Waals surface area contributed by atoms with Gasteiger partial charge in [0.1, 0.15) is 18.5 Å². The van der Waals surface area contributed by atoms with Crippen LogP contribution in [-0.4, -0.2) is 35.4 Å². The topological polar surface area (TPSA) is 80.7 Å². The van der Waals surface area contributed by atoms with Crippen LogP contribution in [0.3, 0.4) is 0 Å². The van der Waals surface area contributed by atoms with Gasteiger partial charge in [0.2, 0.25) is 0 Å². The van der Waals surface area contributed by atoms with Crippen LogP contribution in [0.4, 0.5) is 0 Å². The first-order valence-corrected chi connectivity index (χ1v) is 11.2. The summed E-state index contributed by atoms with van der Waals surface area (Å²) in [7, 11) is 0. The molecule has 1 N–H and O–H groups in total. The molecule has 2 bridgehead atoms. The second-order valence-corrected chi connectivity index (χ2v) is 10.7. The van der Waals surface area contributed by atoms with E-state index in [0.29, 0.717) is 24.8 Å². The Morgan fingerprint density at radius 2 is 1.97 bits per heavy atom.